The quantitative estimate of drug-likeness (QED) is 0.775. The Balaban J connectivity index is 1.62. The Morgan fingerprint density at radius 2 is 1.88 bits per heavy atom. The van der Waals surface area contributed by atoms with E-state index >= 15 is 0 Å². The summed E-state index contributed by atoms with van der Waals surface area (Å²) in [7, 11) is 1.40. The summed E-state index contributed by atoms with van der Waals surface area (Å²) < 4.78 is 4.82. The monoisotopic (exact) mass is 349 g/mol. The summed E-state index contributed by atoms with van der Waals surface area (Å²) in [5.74, 6) is -0.0604. The summed E-state index contributed by atoms with van der Waals surface area (Å²) in [5.41, 5.74) is 3.62. The number of piperidine rings is 1. The van der Waals surface area contributed by atoms with Crippen molar-refractivity contribution in [2.75, 3.05) is 18.6 Å². The SMILES string of the molecule is COC(=O)c1ccc2c(c1)CC[C@@]1(CCCN(c3ccccc3)C1=O)C2. The van der Waals surface area contributed by atoms with Gasteiger partial charge in [0.1, 0.15) is 0 Å². The summed E-state index contributed by atoms with van der Waals surface area (Å²) in [6, 6.07) is 15.7. The van der Waals surface area contributed by atoms with Crippen molar-refractivity contribution in [3.63, 3.8) is 0 Å². The molecule has 1 fully saturated rings. The number of methoxy groups -OCH3 is 1. The predicted octanol–water partition coefficient (Wildman–Crippen LogP) is 3.78. The van der Waals surface area contributed by atoms with Crippen LogP contribution in [0.3, 0.4) is 0 Å². The Hall–Kier alpha value is -2.62. The summed E-state index contributed by atoms with van der Waals surface area (Å²) in [4.78, 5) is 27.1. The Morgan fingerprint density at radius 3 is 2.65 bits per heavy atom. The molecule has 1 atom stereocenters. The first-order chi connectivity index (χ1) is 12.6. The van der Waals surface area contributed by atoms with Crippen LogP contribution in [-0.4, -0.2) is 25.5 Å². The van der Waals surface area contributed by atoms with E-state index in [-0.39, 0.29) is 17.3 Å². The Labute approximate surface area is 153 Å². The molecule has 1 spiro atoms. The number of hydrogen-bond donors (Lipinski definition) is 0. The van der Waals surface area contributed by atoms with Gasteiger partial charge in [0.05, 0.1) is 18.1 Å². The van der Waals surface area contributed by atoms with Crippen LogP contribution in [0.5, 0.6) is 0 Å². The average molecular weight is 349 g/mol. The van der Waals surface area contributed by atoms with Crippen LogP contribution >= 0.6 is 0 Å². The minimum atomic E-state index is -0.312. The molecule has 2 aliphatic rings. The van der Waals surface area contributed by atoms with E-state index in [9.17, 15) is 9.59 Å². The molecule has 26 heavy (non-hydrogen) atoms. The Morgan fingerprint density at radius 1 is 1.08 bits per heavy atom. The second kappa shape index (κ2) is 6.60. The molecule has 0 aromatic heterocycles. The molecule has 2 aromatic carbocycles. The fourth-order valence-corrected chi connectivity index (χ4v) is 4.42. The van der Waals surface area contributed by atoms with Crippen LogP contribution < -0.4 is 4.90 Å². The molecule has 2 aromatic rings. The zero-order chi connectivity index (χ0) is 18.1. The highest BCUT2D eigenvalue weighted by atomic mass is 16.5. The Kier molecular flexibility index (Phi) is 4.27. The van der Waals surface area contributed by atoms with Crippen molar-refractivity contribution in [2.24, 2.45) is 5.41 Å². The van der Waals surface area contributed by atoms with Gasteiger partial charge in [-0.05, 0) is 67.5 Å². The molecule has 1 aliphatic carbocycles. The molecule has 0 saturated carbocycles. The number of amides is 1. The molecule has 1 aliphatic heterocycles. The summed E-state index contributed by atoms with van der Waals surface area (Å²) in [6.07, 6.45) is 4.39. The molecule has 134 valence electrons. The highest BCUT2D eigenvalue weighted by Crippen LogP contribution is 2.44. The first kappa shape index (κ1) is 16.8. The minimum absolute atomic E-state index is 0.248. The standard InChI is InChI=1S/C22H23NO3/c1-26-20(24)17-8-9-18-15-22(12-10-16(18)14-17)11-5-13-23(21(22)25)19-6-3-2-4-7-19/h2-4,6-9,14H,5,10-13,15H2,1H3/t22-/m0/s1. The Bertz CT molecular complexity index is 846. The number of nitrogens with zero attached hydrogens (tertiary/aromatic N) is 1. The molecule has 1 saturated heterocycles. The third-order valence-corrected chi connectivity index (χ3v) is 5.83. The van der Waals surface area contributed by atoms with E-state index in [0.29, 0.717) is 5.56 Å². The van der Waals surface area contributed by atoms with Crippen LogP contribution in [0.1, 0.15) is 40.7 Å². The van der Waals surface area contributed by atoms with Crippen molar-refractivity contribution in [1.29, 1.82) is 0 Å². The fourth-order valence-electron chi connectivity index (χ4n) is 4.42. The lowest BCUT2D eigenvalue weighted by molar-refractivity contribution is -0.131. The zero-order valence-corrected chi connectivity index (χ0v) is 15.0. The minimum Gasteiger partial charge on any atom is -0.465 e. The smallest absolute Gasteiger partial charge is 0.337 e. The topological polar surface area (TPSA) is 46.6 Å². The molecule has 0 radical (unpaired) electrons. The van der Waals surface area contributed by atoms with E-state index in [2.05, 4.69) is 0 Å². The lowest BCUT2D eigenvalue weighted by atomic mass is 9.66. The van der Waals surface area contributed by atoms with E-state index in [1.165, 1.54) is 18.2 Å². The molecule has 4 rings (SSSR count). The molecule has 4 nitrogen and oxygen atoms in total. The number of rotatable bonds is 2. The van der Waals surface area contributed by atoms with Gasteiger partial charge in [0, 0.05) is 12.2 Å². The van der Waals surface area contributed by atoms with E-state index in [0.717, 1.165) is 44.3 Å². The number of anilines is 1. The van der Waals surface area contributed by atoms with Gasteiger partial charge in [-0.1, -0.05) is 24.3 Å². The molecular formula is C22H23NO3. The predicted molar refractivity (Wildman–Crippen MR) is 100 cm³/mol. The van der Waals surface area contributed by atoms with Gasteiger partial charge in [-0.2, -0.15) is 0 Å². The van der Waals surface area contributed by atoms with Crippen LogP contribution in [0.15, 0.2) is 48.5 Å². The number of esters is 1. The number of carbonyl (C=O) groups is 2. The molecule has 0 unspecified atom stereocenters. The lowest BCUT2D eigenvalue weighted by Crippen LogP contribution is -2.51. The number of carbonyl (C=O) groups excluding carboxylic acids is 2. The van der Waals surface area contributed by atoms with E-state index < -0.39 is 0 Å². The van der Waals surface area contributed by atoms with Crippen LogP contribution in [0.4, 0.5) is 5.69 Å². The van der Waals surface area contributed by atoms with Gasteiger partial charge in [-0.25, -0.2) is 4.79 Å². The number of fused-ring (bicyclic) bond motifs is 1. The van der Waals surface area contributed by atoms with Crippen molar-refractivity contribution in [1.82, 2.24) is 0 Å². The van der Waals surface area contributed by atoms with Crippen molar-refractivity contribution < 1.29 is 14.3 Å². The first-order valence-corrected chi connectivity index (χ1v) is 9.20. The average Bonchev–Trinajstić information content (AvgIpc) is 2.70. The number of aryl methyl sites for hydroxylation is 1. The van der Waals surface area contributed by atoms with Gasteiger partial charge in [0.15, 0.2) is 0 Å². The normalized spacial score (nSPS) is 22.2. The van der Waals surface area contributed by atoms with Gasteiger partial charge in [-0.3, -0.25) is 4.79 Å². The lowest BCUT2D eigenvalue weighted by Gasteiger charge is -2.44. The second-order valence-electron chi connectivity index (χ2n) is 7.33. The molecule has 0 N–H and O–H groups in total. The summed E-state index contributed by atoms with van der Waals surface area (Å²) in [6.45, 7) is 0.790. The van der Waals surface area contributed by atoms with Crippen LogP contribution in [0.25, 0.3) is 0 Å². The summed E-state index contributed by atoms with van der Waals surface area (Å²) >= 11 is 0. The van der Waals surface area contributed by atoms with Gasteiger partial charge in [-0.15, -0.1) is 0 Å². The van der Waals surface area contributed by atoms with Gasteiger partial charge in [0.25, 0.3) is 0 Å². The van der Waals surface area contributed by atoms with Crippen LogP contribution in [0.2, 0.25) is 0 Å². The third-order valence-electron chi connectivity index (χ3n) is 5.83. The maximum Gasteiger partial charge on any atom is 0.337 e. The highest BCUT2D eigenvalue weighted by Gasteiger charge is 2.46. The molecular weight excluding hydrogens is 326 g/mol. The maximum atomic E-state index is 13.4. The summed E-state index contributed by atoms with van der Waals surface area (Å²) in [5, 5.41) is 0. The molecule has 1 heterocycles. The fraction of sp³-hybridized carbons (Fsp3) is 0.364. The van der Waals surface area contributed by atoms with E-state index in [4.69, 9.17) is 4.74 Å². The van der Waals surface area contributed by atoms with Crippen LogP contribution in [-0.2, 0) is 22.4 Å². The molecule has 0 bridgehead atoms. The highest BCUT2D eigenvalue weighted by molar-refractivity contribution is 5.99. The van der Waals surface area contributed by atoms with E-state index in [1.54, 1.807) is 0 Å². The number of para-hydroxylation sites is 1. The molecule has 1 amide bonds. The first-order valence-electron chi connectivity index (χ1n) is 9.20. The van der Waals surface area contributed by atoms with Gasteiger partial charge >= 0.3 is 5.97 Å². The van der Waals surface area contributed by atoms with Crippen molar-refractivity contribution in [3.05, 3.63) is 65.2 Å². The second-order valence-corrected chi connectivity index (χ2v) is 7.33. The number of benzene rings is 2. The third kappa shape index (κ3) is 2.79. The van der Waals surface area contributed by atoms with Crippen LogP contribution in [0, 0.1) is 5.41 Å². The number of hydrogen-bond acceptors (Lipinski definition) is 3. The maximum absolute atomic E-state index is 13.4. The largest absolute Gasteiger partial charge is 0.465 e. The number of ether oxygens (including phenoxy) is 1. The van der Waals surface area contributed by atoms with E-state index in [1.807, 2.05) is 53.4 Å². The van der Waals surface area contributed by atoms with Gasteiger partial charge < -0.3 is 9.64 Å². The van der Waals surface area contributed by atoms with Crippen molar-refractivity contribution in [2.45, 2.75) is 32.1 Å². The van der Waals surface area contributed by atoms with Crippen molar-refractivity contribution in [3.8, 4) is 0 Å². The van der Waals surface area contributed by atoms with Crippen molar-refractivity contribution >= 4 is 17.6 Å². The van der Waals surface area contributed by atoms with Gasteiger partial charge in [0.2, 0.25) is 5.91 Å². The zero-order valence-electron chi connectivity index (χ0n) is 15.0. The molecule has 4 heteroatoms.